The predicted molar refractivity (Wildman–Crippen MR) is 132 cm³/mol. The van der Waals surface area contributed by atoms with Crippen molar-refractivity contribution in [2.45, 2.75) is 31.5 Å². The maximum Gasteiger partial charge on any atom is 0.229 e. The molecule has 0 saturated carbocycles. The molecule has 184 valence electrons. The predicted octanol–water partition coefficient (Wildman–Crippen LogP) is 4.75. The second-order valence-electron chi connectivity index (χ2n) is 9.75. The number of nitrogens with one attached hydrogen (secondary N) is 2. The number of aromatic nitrogens is 3. The molecule has 0 aliphatic carbocycles. The Bertz CT molecular complexity index is 1440. The van der Waals surface area contributed by atoms with E-state index in [0.717, 1.165) is 17.5 Å². The average Bonchev–Trinajstić information content (AvgIpc) is 3.62. The summed E-state index contributed by atoms with van der Waals surface area (Å²) in [5, 5.41) is 7.72. The highest BCUT2D eigenvalue weighted by Crippen LogP contribution is 2.45. The van der Waals surface area contributed by atoms with E-state index >= 15 is 8.78 Å². The van der Waals surface area contributed by atoms with Crippen LogP contribution in [-0.2, 0) is 11.3 Å². The number of halogens is 2. The van der Waals surface area contributed by atoms with Crippen molar-refractivity contribution in [3.05, 3.63) is 77.1 Å². The van der Waals surface area contributed by atoms with Crippen LogP contribution >= 0.6 is 0 Å². The summed E-state index contributed by atoms with van der Waals surface area (Å²) >= 11 is 0. The molecule has 0 radical (unpaired) electrons. The molecule has 2 unspecified atom stereocenters. The van der Waals surface area contributed by atoms with Gasteiger partial charge in [-0.3, -0.25) is 4.90 Å². The fourth-order valence-corrected chi connectivity index (χ4v) is 5.68. The zero-order valence-corrected chi connectivity index (χ0v) is 19.7. The fourth-order valence-electron chi connectivity index (χ4n) is 5.68. The molecule has 2 bridgehead atoms. The molecule has 3 aliphatic rings. The molecule has 2 fully saturated rings. The number of fused-ring (bicyclic) bond motifs is 6. The van der Waals surface area contributed by atoms with E-state index in [4.69, 9.17) is 4.74 Å². The van der Waals surface area contributed by atoms with Gasteiger partial charge < -0.3 is 19.9 Å². The monoisotopic (exact) mass is 488 g/mol. The van der Waals surface area contributed by atoms with E-state index in [0.29, 0.717) is 55.7 Å². The third-order valence-corrected chi connectivity index (χ3v) is 7.56. The van der Waals surface area contributed by atoms with Gasteiger partial charge in [-0.05, 0) is 54.3 Å². The van der Waals surface area contributed by atoms with Gasteiger partial charge in [0.2, 0.25) is 5.95 Å². The van der Waals surface area contributed by atoms with Gasteiger partial charge in [0, 0.05) is 60.7 Å². The van der Waals surface area contributed by atoms with Gasteiger partial charge in [-0.2, -0.15) is 4.98 Å². The second-order valence-corrected chi connectivity index (χ2v) is 9.75. The van der Waals surface area contributed by atoms with Crippen molar-refractivity contribution in [2.24, 2.45) is 0 Å². The Morgan fingerprint density at radius 1 is 1.00 bits per heavy atom. The lowest BCUT2D eigenvalue weighted by Gasteiger charge is -2.27. The zero-order chi connectivity index (χ0) is 24.2. The summed E-state index contributed by atoms with van der Waals surface area (Å²) < 4.78 is 37.1. The van der Waals surface area contributed by atoms with Crippen LogP contribution < -0.4 is 10.6 Å². The second kappa shape index (κ2) is 8.62. The Hall–Kier alpha value is -3.40. The van der Waals surface area contributed by atoms with Crippen molar-refractivity contribution >= 4 is 22.7 Å². The van der Waals surface area contributed by atoms with E-state index in [1.807, 2.05) is 17.0 Å². The van der Waals surface area contributed by atoms with Gasteiger partial charge in [0.05, 0.1) is 18.9 Å². The van der Waals surface area contributed by atoms with Gasteiger partial charge in [0.15, 0.2) is 0 Å². The number of anilines is 2. The molecular weight excluding hydrogens is 462 g/mol. The van der Waals surface area contributed by atoms with E-state index < -0.39 is 11.6 Å². The molecule has 7 rings (SSSR count). The Labute approximate surface area is 207 Å². The van der Waals surface area contributed by atoms with Crippen LogP contribution in [0.5, 0.6) is 0 Å². The van der Waals surface area contributed by atoms with Crippen LogP contribution in [0.3, 0.4) is 0 Å². The Morgan fingerprint density at radius 3 is 2.58 bits per heavy atom. The lowest BCUT2D eigenvalue weighted by molar-refractivity contribution is 0.0332. The van der Waals surface area contributed by atoms with Crippen molar-refractivity contribution in [3.8, 4) is 5.69 Å². The summed E-state index contributed by atoms with van der Waals surface area (Å²) in [5.41, 5.74) is 4.68. The van der Waals surface area contributed by atoms with Gasteiger partial charge in [0.25, 0.3) is 0 Å². The Morgan fingerprint density at radius 2 is 1.78 bits per heavy atom. The van der Waals surface area contributed by atoms with Crippen molar-refractivity contribution in [1.82, 2.24) is 24.8 Å². The SMILES string of the molecule is Fc1cc(-n2ccc3cnc(Nc4ccc5c(c4)C4CCC5N4)nc32)cc(F)c1CN1CCOCC1. The highest BCUT2D eigenvalue weighted by atomic mass is 19.1. The molecule has 36 heavy (non-hydrogen) atoms. The maximum atomic E-state index is 15.0. The number of rotatable bonds is 5. The molecule has 2 atom stereocenters. The van der Waals surface area contributed by atoms with Crippen LogP contribution in [0.2, 0.25) is 0 Å². The number of benzene rings is 2. The molecular formula is C27H26F2N6O. The van der Waals surface area contributed by atoms with E-state index in [1.165, 1.54) is 29.7 Å². The first-order valence-electron chi connectivity index (χ1n) is 12.4. The molecule has 2 saturated heterocycles. The van der Waals surface area contributed by atoms with Crippen molar-refractivity contribution in [1.29, 1.82) is 0 Å². The zero-order valence-electron chi connectivity index (χ0n) is 19.7. The summed E-state index contributed by atoms with van der Waals surface area (Å²) in [5.74, 6) is -0.693. The summed E-state index contributed by atoms with van der Waals surface area (Å²) in [4.78, 5) is 11.1. The number of hydrogen-bond acceptors (Lipinski definition) is 6. The number of nitrogens with zero attached hydrogens (tertiary/aromatic N) is 4. The van der Waals surface area contributed by atoms with Crippen LogP contribution in [0.25, 0.3) is 16.7 Å². The van der Waals surface area contributed by atoms with Gasteiger partial charge in [-0.15, -0.1) is 0 Å². The lowest BCUT2D eigenvalue weighted by atomic mass is 9.91. The van der Waals surface area contributed by atoms with Gasteiger partial charge in [-0.25, -0.2) is 13.8 Å². The highest BCUT2D eigenvalue weighted by molar-refractivity contribution is 5.79. The topological polar surface area (TPSA) is 67.2 Å². The van der Waals surface area contributed by atoms with Crippen LogP contribution in [0.15, 0.2) is 48.8 Å². The molecule has 0 spiro atoms. The summed E-state index contributed by atoms with van der Waals surface area (Å²) in [6.07, 6.45) is 5.83. The third kappa shape index (κ3) is 3.75. The first-order chi connectivity index (χ1) is 17.6. The van der Waals surface area contributed by atoms with Gasteiger partial charge in [-0.1, -0.05) is 6.07 Å². The minimum absolute atomic E-state index is 0.0777. The minimum Gasteiger partial charge on any atom is -0.379 e. The quantitative estimate of drug-likeness (QED) is 0.423. The fraction of sp³-hybridized carbons (Fsp3) is 0.333. The minimum atomic E-state index is -0.563. The molecule has 2 aromatic heterocycles. The van der Waals surface area contributed by atoms with Crippen LogP contribution in [0, 0.1) is 11.6 Å². The van der Waals surface area contributed by atoms with Crippen LogP contribution in [0.1, 0.15) is 41.6 Å². The average molecular weight is 489 g/mol. The standard InChI is InChI=1S/C27H26F2N6O/c28-22-12-18(13-23(29)21(22)15-34-7-9-36-10-8-34)35-6-5-16-14-30-27(33-26(16)35)31-17-1-2-19-20(11-17)25-4-3-24(19)32-25/h1-2,5-6,11-14,24-25,32H,3-4,7-10,15H2,(H,30,31,33). The van der Waals surface area contributed by atoms with Crippen LogP contribution in [0.4, 0.5) is 20.4 Å². The molecule has 4 aromatic rings. The summed E-state index contributed by atoms with van der Waals surface area (Å²) in [6.45, 7) is 2.71. The lowest BCUT2D eigenvalue weighted by Crippen LogP contribution is -2.36. The Balaban J connectivity index is 1.17. The van der Waals surface area contributed by atoms with Gasteiger partial charge >= 0.3 is 0 Å². The van der Waals surface area contributed by atoms with Crippen molar-refractivity contribution in [3.63, 3.8) is 0 Å². The number of morpholine rings is 1. The normalized spacial score (nSPS) is 21.3. The first kappa shape index (κ1) is 21.8. The number of hydrogen-bond donors (Lipinski definition) is 2. The van der Waals surface area contributed by atoms with E-state index in [1.54, 1.807) is 17.0 Å². The van der Waals surface area contributed by atoms with E-state index in [2.05, 4.69) is 32.7 Å². The van der Waals surface area contributed by atoms with Crippen LogP contribution in [-0.4, -0.2) is 45.7 Å². The molecule has 5 heterocycles. The smallest absolute Gasteiger partial charge is 0.229 e. The first-order valence-corrected chi connectivity index (χ1v) is 12.4. The van der Waals surface area contributed by atoms with E-state index in [-0.39, 0.29) is 12.1 Å². The van der Waals surface area contributed by atoms with Crippen molar-refractivity contribution < 1.29 is 13.5 Å². The Kier molecular flexibility index (Phi) is 5.23. The summed E-state index contributed by atoms with van der Waals surface area (Å²) in [6, 6.07) is 11.8. The molecule has 9 heteroatoms. The molecule has 3 aliphatic heterocycles. The summed E-state index contributed by atoms with van der Waals surface area (Å²) in [7, 11) is 0. The molecule has 2 N–H and O–H groups in total. The molecule has 2 aromatic carbocycles. The molecule has 7 nitrogen and oxygen atoms in total. The van der Waals surface area contributed by atoms with Crippen molar-refractivity contribution in [2.75, 3.05) is 31.6 Å². The third-order valence-electron chi connectivity index (χ3n) is 7.56. The highest BCUT2D eigenvalue weighted by Gasteiger charge is 2.36. The number of ether oxygens (including phenoxy) is 1. The van der Waals surface area contributed by atoms with E-state index in [9.17, 15) is 0 Å². The molecule has 0 amide bonds. The largest absolute Gasteiger partial charge is 0.379 e. The van der Waals surface area contributed by atoms with Gasteiger partial charge in [0.1, 0.15) is 17.3 Å². The maximum absolute atomic E-state index is 15.0.